The molecule has 0 spiro atoms. The number of nitrogens with one attached hydrogen (secondary N) is 3. The lowest BCUT2D eigenvalue weighted by molar-refractivity contribution is 0.399. The molecular weight excluding hydrogens is 270 g/mol. The molecule has 1 aromatic carbocycles. The number of hydrogen-bond donors (Lipinski definition) is 3. The van der Waals surface area contributed by atoms with Crippen molar-refractivity contribution < 1.29 is 0 Å². The zero-order valence-corrected chi connectivity index (χ0v) is 13.5. The Labute approximate surface area is 134 Å². The first-order chi connectivity index (χ1) is 10.8. The minimum Gasteiger partial charge on any atom is -0.316 e. The molecule has 3 atom stereocenters. The maximum Gasteiger partial charge on any atom is 0.0143 e. The number of rotatable bonds is 8. The summed E-state index contributed by atoms with van der Waals surface area (Å²) in [5.74, 6) is 1.61. The Hall–Kier alpha value is -0.900. The fourth-order valence-electron chi connectivity index (χ4n) is 3.86. The molecular formula is C19H29N3. The van der Waals surface area contributed by atoms with Crippen LogP contribution in [0.3, 0.4) is 0 Å². The molecule has 0 amide bonds. The van der Waals surface area contributed by atoms with Crippen LogP contribution in [0.4, 0.5) is 0 Å². The van der Waals surface area contributed by atoms with Crippen LogP contribution in [-0.4, -0.2) is 38.8 Å². The van der Waals surface area contributed by atoms with Crippen molar-refractivity contribution in [1.29, 1.82) is 0 Å². The van der Waals surface area contributed by atoms with Gasteiger partial charge in [0.25, 0.3) is 0 Å². The van der Waals surface area contributed by atoms with E-state index in [-0.39, 0.29) is 0 Å². The van der Waals surface area contributed by atoms with Crippen molar-refractivity contribution in [2.45, 2.75) is 37.6 Å². The van der Waals surface area contributed by atoms with Gasteiger partial charge in [-0.05, 0) is 62.2 Å². The molecule has 1 aromatic rings. The van der Waals surface area contributed by atoms with Gasteiger partial charge in [0.05, 0.1) is 0 Å². The van der Waals surface area contributed by atoms with E-state index in [0.717, 1.165) is 17.9 Å². The molecule has 3 unspecified atom stereocenters. The zero-order valence-electron chi connectivity index (χ0n) is 13.5. The summed E-state index contributed by atoms with van der Waals surface area (Å²) in [6.07, 6.45) is 5.47. The molecule has 3 N–H and O–H groups in total. The highest BCUT2D eigenvalue weighted by Gasteiger charge is 2.45. The van der Waals surface area contributed by atoms with E-state index < -0.39 is 0 Å². The van der Waals surface area contributed by atoms with Crippen LogP contribution in [0.1, 0.15) is 37.2 Å². The summed E-state index contributed by atoms with van der Waals surface area (Å²) in [5, 5.41) is 11.0. The molecule has 4 rings (SSSR count). The molecule has 3 aliphatic rings. The zero-order chi connectivity index (χ0) is 14.8. The van der Waals surface area contributed by atoms with E-state index in [1.807, 2.05) is 0 Å². The van der Waals surface area contributed by atoms with Crippen LogP contribution >= 0.6 is 0 Å². The lowest BCUT2D eigenvalue weighted by Crippen LogP contribution is -2.36. The van der Waals surface area contributed by atoms with E-state index >= 15 is 0 Å². The average molecular weight is 299 g/mol. The number of hydrogen-bond acceptors (Lipinski definition) is 3. The van der Waals surface area contributed by atoms with E-state index in [1.54, 1.807) is 0 Å². The highest BCUT2D eigenvalue weighted by atomic mass is 15.0. The molecule has 0 bridgehead atoms. The monoisotopic (exact) mass is 299 g/mol. The van der Waals surface area contributed by atoms with Gasteiger partial charge in [0, 0.05) is 25.0 Å². The SMILES string of the molecule is c1ccc(C2CC2NCC2(CNCC3CCNC3)CC2)cc1. The van der Waals surface area contributed by atoms with Gasteiger partial charge in [-0.1, -0.05) is 30.3 Å². The molecule has 3 fully saturated rings. The van der Waals surface area contributed by atoms with Crippen LogP contribution in [-0.2, 0) is 0 Å². The maximum atomic E-state index is 3.83. The van der Waals surface area contributed by atoms with Crippen molar-refractivity contribution in [3.8, 4) is 0 Å². The first kappa shape index (κ1) is 14.7. The van der Waals surface area contributed by atoms with Crippen molar-refractivity contribution in [3.63, 3.8) is 0 Å². The summed E-state index contributed by atoms with van der Waals surface area (Å²) >= 11 is 0. The van der Waals surface area contributed by atoms with Gasteiger partial charge in [-0.3, -0.25) is 0 Å². The van der Waals surface area contributed by atoms with Crippen LogP contribution in [0, 0.1) is 11.3 Å². The van der Waals surface area contributed by atoms with Gasteiger partial charge in [0.1, 0.15) is 0 Å². The van der Waals surface area contributed by atoms with E-state index in [0.29, 0.717) is 5.41 Å². The second-order valence-corrected chi connectivity index (χ2v) is 7.73. The Morgan fingerprint density at radius 2 is 2.00 bits per heavy atom. The number of benzene rings is 1. The molecule has 1 aliphatic heterocycles. The Kier molecular flexibility index (Phi) is 4.21. The standard InChI is InChI=1S/C19H29N3/c1-2-4-16(5-3-1)17-10-18(17)22-14-19(7-8-19)13-21-12-15-6-9-20-11-15/h1-5,15,17-18,20-22H,6-14H2. The largest absolute Gasteiger partial charge is 0.316 e. The van der Waals surface area contributed by atoms with Crippen molar-refractivity contribution in [2.75, 3.05) is 32.7 Å². The quantitative estimate of drug-likeness (QED) is 0.688. The summed E-state index contributed by atoms with van der Waals surface area (Å²) in [6.45, 7) is 6.03. The third-order valence-electron chi connectivity index (χ3n) is 5.81. The van der Waals surface area contributed by atoms with Crippen LogP contribution in [0.5, 0.6) is 0 Å². The third kappa shape index (κ3) is 3.53. The summed E-state index contributed by atoms with van der Waals surface area (Å²) < 4.78 is 0. The van der Waals surface area contributed by atoms with Gasteiger partial charge in [0.15, 0.2) is 0 Å². The van der Waals surface area contributed by atoms with Crippen LogP contribution in [0.15, 0.2) is 30.3 Å². The minimum atomic E-state index is 0.565. The summed E-state index contributed by atoms with van der Waals surface area (Å²) in [5.41, 5.74) is 2.08. The lowest BCUT2D eigenvalue weighted by atomic mass is 10.1. The molecule has 1 heterocycles. The molecule has 3 nitrogen and oxygen atoms in total. The topological polar surface area (TPSA) is 36.1 Å². The smallest absolute Gasteiger partial charge is 0.0143 e. The fraction of sp³-hybridized carbons (Fsp3) is 0.684. The third-order valence-corrected chi connectivity index (χ3v) is 5.81. The minimum absolute atomic E-state index is 0.565. The first-order valence-electron chi connectivity index (χ1n) is 9.04. The van der Waals surface area contributed by atoms with Crippen molar-refractivity contribution >= 4 is 0 Å². The fourth-order valence-corrected chi connectivity index (χ4v) is 3.86. The van der Waals surface area contributed by atoms with Gasteiger partial charge in [-0.25, -0.2) is 0 Å². The van der Waals surface area contributed by atoms with E-state index in [4.69, 9.17) is 0 Å². The summed E-state index contributed by atoms with van der Waals surface area (Å²) in [4.78, 5) is 0. The van der Waals surface area contributed by atoms with Crippen molar-refractivity contribution in [2.24, 2.45) is 11.3 Å². The van der Waals surface area contributed by atoms with Gasteiger partial charge >= 0.3 is 0 Å². The molecule has 120 valence electrons. The summed E-state index contributed by atoms with van der Waals surface area (Å²) in [6, 6.07) is 11.7. The molecule has 1 saturated heterocycles. The summed E-state index contributed by atoms with van der Waals surface area (Å²) in [7, 11) is 0. The Morgan fingerprint density at radius 3 is 2.73 bits per heavy atom. The van der Waals surface area contributed by atoms with Gasteiger partial charge in [-0.15, -0.1) is 0 Å². The van der Waals surface area contributed by atoms with Gasteiger partial charge in [-0.2, -0.15) is 0 Å². The highest BCUT2D eigenvalue weighted by Crippen LogP contribution is 2.46. The second kappa shape index (κ2) is 6.31. The Bertz CT molecular complexity index is 477. The predicted octanol–water partition coefficient (Wildman–Crippen LogP) is 2.11. The first-order valence-corrected chi connectivity index (χ1v) is 9.04. The highest BCUT2D eigenvalue weighted by molar-refractivity contribution is 5.27. The van der Waals surface area contributed by atoms with Crippen LogP contribution in [0.25, 0.3) is 0 Å². The van der Waals surface area contributed by atoms with Gasteiger partial charge in [0.2, 0.25) is 0 Å². The lowest BCUT2D eigenvalue weighted by Gasteiger charge is -2.18. The maximum absolute atomic E-state index is 3.83. The molecule has 22 heavy (non-hydrogen) atoms. The molecule has 2 aliphatic carbocycles. The normalized spacial score (nSPS) is 32.1. The molecule has 0 aromatic heterocycles. The van der Waals surface area contributed by atoms with Crippen molar-refractivity contribution in [3.05, 3.63) is 35.9 Å². The van der Waals surface area contributed by atoms with Crippen LogP contribution < -0.4 is 16.0 Å². The van der Waals surface area contributed by atoms with Gasteiger partial charge < -0.3 is 16.0 Å². The second-order valence-electron chi connectivity index (χ2n) is 7.73. The molecule has 0 radical (unpaired) electrons. The Balaban J connectivity index is 1.16. The van der Waals surface area contributed by atoms with E-state index in [1.165, 1.54) is 64.0 Å². The molecule has 2 saturated carbocycles. The average Bonchev–Trinajstić information content (AvgIpc) is 3.45. The predicted molar refractivity (Wildman–Crippen MR) is 91.1 cm³/mol. The molecule has 3 heteroatoms. The van der Waals surface area contributed by atoms with Crippen molar-refractivity contribution in [1.82, 2.24) is 16.0 Å². The van der Waals surface area contributed by atoms with E-state index in [2.05, 4.69) is 46.3 Å². The Morgan fingerprint density at radius 1 is 1.14 bits per heavy atom. The van der Waals surface area contributed by atoms with Crippen LogP contribution in [0.2, 0.25) is 0 Å². The van der Waals surface area contributed by atoms with E-state index in [9.17, 15) is 0 Å².